The summed E-state index contributed by atoms with van der Waals surface area (Å²) in [6.45, 7) is -2.50. The van der Waals surface area contributed by atoms with Gasteiger partial charge in [-0.3, -0.25) is 0 Å². The van der Waals surface area contributed by atoms with Crippen molar-refractivity contribution in [3.63, 3.8) is 0 Å². The zero-order chi connectivity index (χ0) is 46.5. The molecule has 4 aliphatic rings. The maximum absolute atomic E-state index is 11.0. The van der Waals surface area contributed by atoms with Crippen molar-refractivity contribution in [3.8, 4) is 11.1 Å². The van der Waals surface area contributed by atoms with E-state index in [1.54, 1.807) is 118 Å². The molecule has 0 unspecified atom stereocenters. The van der Waals surface area contributed by atoms with E-state index in [0.29, 0.717) is 0 Å². The second kappa shape index (κ2) is 6.28. The molecule has 1 aromatic heterocycles. The molecular formula is C73H11N. The molecular weight excluding hydrogens is 891 g/mol. The van der Waals surface area contributed by atoms with Crippen LogP contribution in [0.15, 0.2) is 48.5 Å². The molecule has 30 aromatic carbocycles. The first-order valence-corrected chi connectivity index (χ1v) is 27.3. The van der Waals surface area contributed by atoms with Gasteiger partial charge in [0.05, 0.1) is 16.4 Å². The van der Waals surface area contributed by atoms with Gasteiger partial charge in [0.2, 0.25) is 0 Å². The van der Waals surface area contributed by atoms with Gasteiger partial charge in [-0.05, 0) is 142 Å². The Morgan fingerprint density at radius 3 is 0.676 bits per heavy atom. The maximum Gasteiger partial charge on any atom is 0.111 e. The highest BCUT2D eigenvalue weighted by molar-refractivity contribution is 6.83. The summed E-state index contributed by atoms with van der Waals surface area (Å²) >= 11 is 0. The van der Waals surface area contributed by atoms with E-state index < -0.39 is 17.8 Å². The molecule has 1 nitrogen and oxygen atoms in total. The molecule has 0 spiro atoms. The maximum atomic E-state index is 11.0. The molecule has 2 aliphatic heterocycles. The van der Waals surface area contributed by atoms with E-state index in [1.165, 1.54) is 195 Å². The SMILES string of the molecule is [2H]C([2H])([2H])C1(C23c4c5c6c2c2c7c8c6c6c9c5c5c%10c4c4c%11c%10c%10c%12c5c9c5c9c6c8c6c8c7c7c%13c%14c8c8c6c9c6c5c%12c5c%10c9c%10c%12c5c6c8c%12c%14c5c%10c(c9%11)c6c(c5%13)c(c27)n3c46)c2ccccc2-c2ccccc21. The largest absolute Gasteiger partial charge is 0.323 e. The van der Waals surface area contributed by atoms with Crippen molar-refractivity contribution in [2.75, 3.05) is 0 Å². The van der Waals surface area contributed by atoms with Crippen molar-refractivity contribution in [1.29, 1.82) is 0 Å². The van der Waals surface area contributed by atoms with Crippen LogP contribution in [0.3, 0.4) is 0 Å². The molecule has 0 saturated carbocycles. The van der Waals surface area contributed by atoms with Crippen LogP contribution in [0.5, 0.6) is 0 Å². The second-order valence-corrected chi connectivity index (χ2v) is 26.6. The predicted octanol–water partition coefficient (Wildman–Crippen LogP) is 19.9. The summed E-state index contributed by atoms with van der Waals surface area (Å²) in [5, 5.41) is 82.1. The van der Waals surface area contributed by atoms with Gasteiger partial charge in [0.1, 0.15) is 5.54 Å². The van der Waals surface area contributed by atoms with Crippen LogP contribution in [-0.2, 0) is 11.0 Å². The fourth-order valence-corrected chi connectivity index (χ4v) is 25.8. The van der Waals surface area contributed by atoms with Crippen LogP contribution in [0.2, 0.25) is 0 Å². The van der Waals surface area contributed by atoms with Crippen LogP contribution in [0.25, 0.3) is 313 Å². The van der Waals surface area contributed by atoms with Crippen molar-refractivity contribution in [2.45, 2.75) is 17.8 Å². The van der Waals surface area contributed by atoms with Gasteiger partial charge in [0.25, 0.3) is 0 Å². The zero-order valence-electron chi connectivity index (χ0n) is 40.6. The first-order valence-electron chi connectivity index (χ1n) is 28.8. The van der Waals surface area contributed by atoms with Crippen molar-refractivity contribution < 1.29 is 4.11 Å². The Morgan fingerprint density at radius 1 is 0.243 bits per heavy atom. The van der Waals surface area contributed by atoms with Gasteiger partial charge >= 0.3 is 0 Å². The van der Waals surface area contributed by atoms with E-state index in [9.17, 15) is 4.11 Å². The van der Waals surface area contributed by atoms with E-state index in [4.69, 9.17) is 0 Å². The molecule has 35 rings (SSSR count). The summed E-state index contributed by atoms with van der Waals surface area (Å²) in [6, 6.07) is 17.7. The quantitative estimate of drug-likeness (QED) is 0.145. The predicted molar refractivity (Wildman–Crippen MR) is 314 cm³/mol. The zero-order valence-corrected chi connectivity index (χ0v) is 37.6. The summed E-state index contributed by atoms with van der Waals surface area (Å²) in [7, 11) is 0. The van der Waals surface area contributed by atoms with Gasteiger partial charge in [0.15, 0.2) is 0 Å². The van der Waals surface area contributed by atoms with E-state index in [1.807, 2.05) is 0 Å². The summed E-state index contributed by atoms with van der Waals surface area (Å²) in [5.41, 5.74) is 6.76. The number of rotatable bonds is 1. The van der Waals surface area contributed by atoms with Crippen LogP contribution in [0.4, 0.5) is 0 Å². The van der Waals surface area contributed by atoms with Gasteiger partial charge in [-0.2, -0.15) is 0 Å². The first-order chi connectivity index (χ1) is 38.1. The lowest BCUT2D eigenvalue weighted by Gasteiger charge is -2.52. The van der Waals surface area contributed by atoms with E-state index in [0.717, 1.165) is 22.3 Å². The Kier molecular flexibility index (Phi) is 2.20. The molecule has 0 N–H and O–H groups in total. The molecule has 1 heteroatoms. The molecule has 31 aromatic rings. The van der Waals surface area contributed by atoms with Crippen molar-refractivity contribution in [1.82, 2.24) is 4.57 Å². The molecule has 0 fully saturated rings. The van der Waals surface area contributed by atoms with Crippen LogP contribution in [-0.4, -0.2) is 4.57 Å². The lowest BCUT2D eigenvalue weighted by atomic mass is 9.57. The lowest BCUT2D eigenvalue weighted by molar-refractivity contribution is 0.311. The molecule has 0 saturated heterocycles. The standard InChI is InChI=1S/C73H11N/c1-72(12-8-4-2-6-10(12)11-7-3-5-9-13(11)72)73-68-60-52-42-32-24-16-14-15-18-22-20(16)28-36(32)46(52)54-48-38(28)30(22)40-34-26(18)27-19(15)23-21-17(14)25(24)33-37-29(21)39-31(23)41-35(27)45-44(34)58-50(40)56(48)64(62(54)68)70-66(58)67-59(45)51(41)57-49(39)55-47(37)53(43(33)42)61(60)69(73)63(55)65(57)71(67)74(70)73/h2-9H,1H3/i1D3. The Balaban J connectivity index is 1.13. The van der Waals surface area contributed by atoms with E-state index in [-0.39, 0.29) is 0 Å². The summed E-state index contributed by atoms with van der Waals surface area (Å²) in [4.78, 5) is 0. The molecule has 308 valence electrons. The van der Waals surface area contributed by atoms with E-state index >= 15 is 0 Å². The topological polar surface area (TPSA) is 4.93 Å². The van der Waals surface area contributed by atoms with Gasteiger partial charge in [0, 0.05) is 193 Å². The smallest absolute Gasteiger partial charge is 0.111 e. The highest BCUT2D eigenvalue weighted by Crippen LogP contribution is 2.83. The third-order valence-corrected chi connectivity index (χ3v) is 26.2. The third-order valence-electron chi connectivity index (χ3n) is 26.2. The molecule has 3 heterocycles. The molecule has 2 aliphatic carbocycles. The number of fused-ring (bicyclic) bond motifs is 3. The highest BCUT2D eigenvalue weighted by Gasteiger charge is 2.67. The number of aromatic nitrogens is 1. The van der Waals surface area contributed by atoms with Crippen molar-refractivity contribution >= 4 is 302 Å². The normalized spacial score (nSPS) is 19.6. The van der Waals surface area contributed by atoms with Crippen LogP contribution < -0.4 is 0 Å². The average molecular weight is 905 g/mol. The Labute approximate surface area is 408 Å². The number of hydrogen-bond donors (Lipinski definition) is 0. The highest BCUT2D eigenvalue weighted by atomic mass is 15.1. The summed E-state index contributed by atoms with van der Waals surface area (Å²) < 4.78 is 36.0. The molecule has 0 atom stereocenters. The monoisotopic (exact) mass is 904 g/mol. The Bertz CT molecular complexity index is 7480. The number of nitrogens with zero attached hydrogens (tertiary/aromatic N) is 1. The van der Waals surface area contributed by atoms with Crippen LogP contribution in [0.1, 0.15) is 33.2 Å². The van der Waals surface area contributed by atoms with E-state index in [2.05, 4.69) is 53.1 Å². The number of hydrogen-bond acceptors (Lipinski definition) is 0. The van der Waals surface area contributed by atoms with Crippen molar-refractivity contribution in [2.24, 2.45) is 0 Å². The molecule has 0 bridgehead atoms. The molecule has 74 heavy (non-hydrogen) atoms. The minimum absolute atomic E-state index is 0.971. The second-order valence-electron chi connectivity index (χ2n) is 26.6. The molecule has 0 radical (unpaired) electrons. The summed E-state index contributed by atoms with van der Waals surface area (Å²) in [5.74, 6) is 0. The fourth-order valence-electron chi connectivity index (χ4n) is 25.8. The fraction of sp³-hybridized carbons (Fsp3) is 0.0411. The van der Waals surface area contributed by atoms with Gasteiger partial charge < -0.3 is 4.57 Å². The lowest BCUT2D eigenvalue weighted by Crippen LogP contribution is -2.53. The van der Waals surface area contributed by atoms with Crippen molar-refractivity contribution in [3.05, 3.63) is 70.8 Å². The van der Waals surface area contributed by atoms with Gasteiger partial charge in [-0.25, -0.2) is 0 Å². The third kappa shape index (κ3) is 1.46. The Morgan fingerprint density at radius 2 is 0.432 bits per heavy atom. The van der Waals surface area contributed by atoms with Gasteiger partial charge in [-0.15, -0.1) is 0 Å². The van der Waals surface area contributed by atoms with Gasteiger partial charge in [-0.1, -0.05) is 48.5 Å². The summed E-state index contributed by atoms with van der Waals surface area (Å²) in [6.07, 6.45) is 0. The number of benzene rings is 20. The Hall–Kier alpha value is -9.30. The van der Waals surface area contributed by atoms with Crippen LogP contribution >= 0.6 is 0 Å². The average Bonchev–Trinajstić information content (AvgIpc) is 2.24. The minimum Gasteiger partial charge on any atom is -0.323 e. The molecule has 0 amide bonds. The minimum atomic E-state index is -2.50. The van der Waals surface area contributed by atoms with Crippen LogP contribution in [0, 0.1) is 0 Å². The first kappa shape index (κ1) is 25.9.